The summed E-state index contributed by atoms with van der Waals surface area (Å²) in [4.78, 5) is 4.14. The Kier molecular flexibility index (Phi) is 14.3. The van der Waals surface area contributed by atoms with Crippen molar-refractivity contribution < 1.29 is 0 Å². The Balaban J connectivity index is -0.000000750. The molecule has 18 heavy (non-hydrogen) atoms. The van der Waals surface area contributed by atoms with Gasteiger partial charge < -0.3 is 17.2 Å². The van der Waals surface area contributed by atoms with Gasteiger partial charge in [-0.15, -0.1) is 50.9 Å². The second kappa shape index (κ2) is 11.0. The van der Waals surface area contributed by atoms with Crippen LogP contribution in [-0.2, 0) is 12.3 Å². The smallest absolute Gasteiger partial charge is 0.151 e. The Labute approximate surface area is 142 Å². The van der Waals surface area contributed by atoms with E-state index in [0.29, 0.717) is 18.0 Å². The molecule has 0 spiro atoms. The summed E-state index contributed by atoms with van der Waals surface area (Å²) in [6.45, 7) is 2.24. The first kappa shape index (κ1) is 23.3. The number of aryl methyl sites for hydroxylation is 1. The van der Waals surface area contributed by atoms with Crippen LogP contribution in [0.1, 0.15) is 16.8 Å². The highest BCUT2D eigenvalue weighted by Gasteiger charge is 2.09. The SMILES string of the molecule is Br.Br.Br.Cc1ncc(CN)c(CSC(=N)N)c1N. The zero-order valence-corrected chi connectivity index (χ0v) is 15.8. The summed E-state index contributed by atoms with van der Waals surface area (Å²) in [6.07, 6.45) is 1.72. The minimum Gasteiger partial charge on any atom is -0.397 e. The van der Waals surface area contributed by atoms with Crippen molar-refractivity contribution in [1.29, 1.82) is 5.41 Å². The molecule has 1 heterocycles. The molecule has 0 aliphatic heterocycles. The highest BCUT2D eigenvalue weighted by atomic mass is 79.9. The number of aromatic nitrogens is 1. The molecule has 0 saturated heterocycles. The van der Waals surface area contributed by atoms with Gasteiger partial charge in [-0.2, -0.15) is 0 Å². The van der Waals surface area contributed by atoms with Gasteiger partial charge in [0.1, 0.15) is 0 Å². The lowest BCUT2D eigenvalue weighted by Gasteiger charge is -2.11. The molecule has 1 aromatic rings. The van der Waals surface area contributed by atoms with Gasteiger partial charge in [0.15, 0.2) is 5.17 Å². The second-order valence-electron chi connectivity index (χ2n) is 3.12. The number of nitrogens with two attached hydrogens (primary N) is 3. The molecule has 0 aliphatic carbocycles. The summed E-state index contributed by atoms with van der Waals surface area (Å²) in [6, 6.07) is 0. The van der Waals surface area contributed by atoms with Gasteiger partial charge in [-0.3, -0.25) is 10.4 Å². The summed E-state index contributed by atoms with van der Waals surface area (Å²) < 4.78 is 0. The van der Waals surface area contributed by atoms with Crippen molar-refractivity contribution >= 4 is 73.6 Å². The number of nitrogens with zero attached hydrogens (tertiary/aromatic N) is 1. The molecule has 9 heteroatoms. The van der Waals surface area contributed by atoms with Gasteiger partial charge in [0.25, 0.3) is 0 Å². The number of amidine groups is 1. The normalized spacial score (nSPS) is 8.56. The molecule has 5 nitrogen and oxygen atoms in total. The Morgan fingerprint density at radius 1 is 1.39 bits per heavy atom. The monoisotopic (exact) mass is 465 g/mol. The first-order valence-electron chi connectivity index (χ1n) is 4.46. The van der Waals surface area contributed by atoms with Crippen LogP contribution in [0, 0.1) is 12.3 Å². The fourth-order valence-electron chi connectivity index (χ4n) is 1.21. The molecular formula is C9H18Br3N5S. The molecule has 0 bridgehead atoms. The van der Waals surface area contributed by atoms with Crippen LogP contribution in [0.4, 0.5) is 5.69 Å². The van der Waals surface area contributed by atoms with Gasteiger partial charge in [-0.1, -0.05) is 11.8 Å². The number of hydrogen-bond acceptors (Lipinski definition) is 5. The van der Waals surface area contributed by atoms with Gasteiger partial charge in [0, 0.05) is 18.5 Å². The Morgan fingerprint density at radius 2 is 1.94 bits per heavy atom. The maximum Gasteiger partial charge on any atom is 0.151 e. The Hall–Kier alpha value is 0.170. The fourth-order valence-corrected chi connectivity index (χ4v) is 1.85. The predicted octanol–water partition coefficient (Wildman–Crippen LogP) is 2.29. The fraction of sp³-hybridized carbons (Fsp3) is 0.333. The molecule has 0 fully saturated rings. The summed E-state index contributed by atoms with van der Waals surface area (Å²) in [5.74, 6) is 0.567. The lowest BCUT2D eigenvalue weighted by atomic mass is 10.1. The van der Waals surface area contributed by atoms with Crippen molar-refractivity contribution in [2.45, 2.75) is 19.2 Å². The van der Waals surface area contributed by atoms with Crippen molar-refractivity contribution in [2.75, 3.05) is 5.73 Å². The van der Waals surface area contributed by atoms with Crippen LogP contribution < -0.4 is 17.2 Å². The highest BCUT2D eigenvalue weighted by Crippen LogP contribution is 2.23. The first-order valence-corrected chi connectivity index (χ1v) is 5.44. The Morgan fingerprint density at radius 3 is 2.39 bits per heavy atom. The summed E-state index contributed by atoms with van der Waals surface area (Å²) >= 11 is 1.23. The summed E-state index contributed by atoms with van der Waals surface area (Å²) in [5.41, 5.74) is 20.0. The maximum absolute atomic E-state index is 7.15. The molecule has 0 aliphatic rings. The molecule has 7 N–H and O–H groups in total. The van der Waals surface area contributed by atoms with E-state index in [1.165, 1.54) is 11.8 Å². The molecule has 0 unspecified atom stereocenters. The van der Waals surface area contributed by atoms with Crippen LogP contribution in [0.25, 0.3) is 0 Å². The van der Waals surface area contributed by atoms with Crippen molar-refractivity contribution in [3.63, 3.8) is 0 Å². The van der Waals surface area contributed by atoms with Crippen molar-refractivity contribution in [3.8, 4) is 0 Å². The number of hydrogen-bond donors (Lipinski definition) is 4. The van der Waals surface area contributed by atoms with Gasteiger partial charge in [0.05, 0.1) is 11.4 Å². The zero-order chi connectivity index (χ0) is 11.4. The van der Waals surface area contributed by atoms with Crippen molar-refractivity contribution in [3.05, 3.63) is 23.0 Å². The number of pyridine rings is 1. The number of thioether (sulfide) groups is 1. The van der Waals surface area contributed by atoms with Crippen molar-refractivity contribution in [2.24, 2.45) is 11.5 Å². The minimum atomic E-state index is 0. The minimum absolute atomic E-state index is 0. The van der Waals surface area contributed by atoms with E-state index >= 15 is 0 Å². The van der Waals surface area contributed by atoms with Gasteiger partial charge in [0.2, 0.25) is 0 Å². The van der Waals surface area contributed by atoms with E-state index in [1.54, 1.807) is 6.20 Å². The molecule has 0 amide bonds. The number of rotatable bonds is 3. The molecule has 1 rings (SSSR count). The highest BCUT2D eigenvalue weighted by molar-refractivity contribution is 8.93. The van der Waals surface area contributed by atoms with Crippen molar-refractivity contribution in [1.82, 2.24) is 4.98 Å². The summed E-state index contributed by atoms with van der Waals surface area (Å²) in [5, 5.41) is 7.22. The Bertz CT molecular complexity index is 389. The van der Waals surface area contributed by atoms with Crippen LogP contribution in [0.15, 0.2) is 6.20 Å². The zero-order valence-electron chi connectivity index (χ0n) is 9.80. The van der Waals surface area contributed by atoms with E-state index in [2.05, 4.69) is 4.98 Å². The molecule has 0 saturated carbocycles. The quantitative estimate of drug-likeness (QED) is 0.402. The third kappa shape index (κ3) is 6.37. The van der Waals surface area contributed by atoms with Gasteiger partial charge >= 0.3 is 0 Å². The molecule has 0 aromatic carbocycles. The maximum atomic E-state index is 7.15. The second-order valence-corrected chi connectivity index (χ2v) is 4.14. The average Bonchev–Trinajstić information content (AvgIpc) is 2.20. The first-order chi connectivity index (χ1) is 7.06. The molecule has 106 valence electrons. The van der Waals surface area contributed by atoms with E-state index in [-0.39, 0.29) is 56.1 Å². The lowest BCUT2D eigenvalue weighted by molar-refractivity contribution is 1.01. The van der Waals surface area contributed by atoms with Crippen LogP contribution in [0.5, 0.6) is 0 Å². The largest absolute Gasteiger partial charge is 0.397 e. The van der Waals surface area contributed by atoms with E-state index in [0.717, 1.165) is 16.8 Å². The molecule has 0 atom stereocenters. The van der Waals surface area contributed by atoms with Crippen LogP contribution in [0.3, 0.4) is 0 Å². The third-order valence-electron chi connectivity index (χ3n) is 2.11. The van der Waals surface area contributed by atoms with E-state index in [4.69, 9.17) is 22.6 Å². The summed E-state index contributed by atoms with van der Waals surface area (Å²) in [7, 11) is 0. The van der Waals surface area contributed by atoms with Crippen LogP contribution >= 0.6 is 62.7 Å². The average molecular weight is 468 g/mol. The van der Waals surface area contributed by atoms with Gasteiger partial charge in [-0.05, 0) is 18.1 Å². The standard InChI is InChI=1S/C9H15N5S.3BrH/c1-5-8(11)7(4-15-9(12)13)6(2-10)3-14-5;;;/h3H,2,4,10-11H2,1H3,(H3,12,13);3*1H. The predicted molar refractivity (Wildman–Crippen MR) is 95.5 cm³/mol. The molecule has 0 radical (unpaired) electrons. The van der Waals surface area contributed by atoms with Crippen LogP contribution in [0.2, 0.25) is 0 Å². The number of halogens is 3. The topological polar surface area (TPSA) is 115 Å². The van der Waals surface area contributed by atoms with E-state index in [1.807, 2.05) is 6.92 Å². The third-order valence-corrected chi connectivity index (χ3v) is 2.85. The molecule has 1 aromatic heterocycles. The lowest BCUT2D eigenvalue weighted by Crippen LogP contribution is -2.10. The van der Waals surface area contributed by atoms with E-state index in [9.17, 15) is 0 Å². The van der Waals surface area contributed by atoms with Gasteiger partial charge in [-0.25, -0.2) is 0 Å². The number of nitrogen functional groups attached to an aromatic ring is 1. The van der Waals surface area contributed by atoms with Crippen LogP contribution in [-0.4, -0.2) is 10.2 Å². The number of anilines is 1. The number of nitrogens with one attached hydrogen (secondary N) is 1. The molecular weight excluding hydrogens is 450 g/mol. The van der Waals surface area contributed by atoms with E-state index < -0.39 is 0 Å².